The summed E-state index contributed by atoms with van der Waals surface area (Å²) in [5, 5.41) is 2.39. The van der Waals surface area contributed by atoms with Crippen LogP contribution in [0, 0.1) is 22.9 Å². The Balaban J connectivity index is 2.08. The molecule has 0 spiro atoms. The molecule has 0 aliphatic carbocycles. The Bertz CT molecular complexity index is 1520. The van der Waals surface area contributed by atoms with Gasteiger partial charge in [0.25, 0.3) is 0 Å². The first-order valence-corrected chi connectivity index (χ1v) is 18.1. The van der Waals surface area contributed by atoms with Crippen LogP contribution >= 0.6 is 0 Å². The van der Waals surface area contributed by atoms with E-state index in [0.717, 1.165) is 11.1 Å². The average molecular weight is 449 g/mol. The number of hydrogen-bond acceptors (Lipinski definition) is 0. The standard InChI is InChI=1S/C28H28N2Si2/c1-31(2,3)17-13-23-25-19-21-11-8-10-16-30(21)28(25)24(14-18-32(4,5)6)26-20-22-12-7-9-15-29(22)27(23)26/h7-12,15-16,19-20H,1-6H3. The average Bonchev–Trinajstić information content (AvgIpc) is 3.28. The lowest BCUT2D eigenvalue weighted by Gasteiger charge is -2.09. The molecule has 0 radical (unpaired) electrons. The van der Waals surface area contributed by atoms with Crippen LogP contribution in [0.4, 0.5) is 0 Å². The van der Waals surface area contributed by atoms with Crippen LogP contribution in [0.15, 0.2) is 60.9 Å². The van der Waals surface area contributed by atoms with Gasteiger partial charge < -0.3 is 8.80 Å². The van der Waals surface area contributed by atoms with E-state index in [9.17, 15) is 0 Å². The number of rotatable bonds is 0. The molecule has 0 fully saturated rings. The first-order chi connectivity index (χ1) is 15.1. The molecule has 1 aromatic carbocycles. The van der Waals surface area contributed by atoms with E-state index in [0.29, 0.717) is 0 Å². The molecule has 0 amide bonds. The third kappa shape index (κ3) is 3.56. The molecule has 0 saturated heterocycles. The Labute approximate surface area is 191 Å². The highest BCUT2D eigenvalue weighted by atomic mass is 28.3. The third-order valence-corrected chi connectivity index (χ3v) is 7.25. The Morgan fingerprint density at radius 3 is 1.38 bits per heavy atom. The highest BCUT2D eigenvalue weighted by Crippen LogP contribution is 2.36. The van der Waals surface area contributed by atoms with Crippen molar-refractivity contribution in [1.29, 1.82) is 0 Å². The number of aromatic nitrogens is 2. The van der Waals surface area contributed by atoms with Gasteiger partial charge in [0, 0.05) is 34.2 Å². The van der Waals surface area contributed by atoms with Crippen molar-refractivity contribution in [2.75, 3.05) is 0 Å². The van der Waals surface area contributed by atoms with Crippen LogP contribution < -0.4 is 0 Å². The fourth-order valence-corrected chi connectivity index (χ4v) is 5.15. The van der Waals surface area contributed by atoms with Gasteiger partial charge in [0.15, 0.2) is 0 Å². The van der Waals surface area contributed by atoms with Crippen LogP contribution in [0.1, 0.15) is 11.1 Å². The molecule has 32 heavy (non-hydrogen) atoms. The maximum absolute atomic E-state index is 3.65. The molecule has 0 saturated carbocycles. The van der Waals surface area contributed by atoms with E-state index < -0.39 is 16.1 Å². The second-order valence-electron chi connectivity index (χ2n) is 10.6. The van der Waals surface area contributed by atoms with Crippen LogP contribution in [-0.4, -0.2) is 24.9 Å². The minimum Gasteiger partial charge on any atom is -0.315 e. The zero-order valence-electron chi connectivity index (χ0n) is 19.7. The van der Waals surface area contributed by atoms with E-state index in [2.05, 4.69) is 132 Å². The molecule has 0 bridgehead atoms. The predicted molar refractivity (Wildman–Crippen MR) is 144 cm³/mol. The highest BCUT2D eigenvalue weighted by Gasteiger charge is 2.20. The summed E-state index contributed by atoms with van der Waals surface area (Å²) in [4.78, 5) is 0. The smallest absolute Gasteiger partial charge is 0.129 e. The normalized spacial score (nSPS) is 12.2. The molecule has 0 N–H and O–H groups in total. The third-order valence-electron chi connectivity index (χ3n) is 5.50. The van der Waals surface area contributed by atoms with Crippen LogP contribution in [0.5, 0.6) is 0 Å². The SMILES string of the molecule is C[Si](C)(C)C#Cc1c2cc3ccccn3c2c(C#C[Si](C)(C)C)c2cc3ccccn3c12. The highest BCUT2D eigenvalue weighted by molar-refractivity contribution is 6.84. The number of pyridine rings is 2. The zero-order valence-corrected chi connectivity index (χ0v) is 21.7. The van der Waals surface area contributed by atoms with Gasteiger partial charge >= 0.3 is 0 Å². The lowest BCUT2D eigenvalue weighted by Crippen LogP contribution is -2.16. The fraction of sp³-hybridized carbons (Fsp3) is 0.214. The van der Waals surface area contributed by atoms with Crippen molar-refractivity contribution in [3.8, 4) is 22.9 Å². The number of hydrogen-bond donors (Lipinski definition) is 0. The van der Waals surface area contributed by atoms with Crippen LogP contribution in [0.3, 0.4) is 0 Å². The molecule has 2 nitrogen and oxygen atoms in total. The van der Waals surface area contributed by atoms with Crippen LogP contribution in [-0.2, 0) is 0 Å². The summed E-state index contributed by atoms with van der Waals surface area (Å²) in [6.07, 6.45) is 4.30. The molecule has 4 aromatic heterocycles. The molecule has 5 aromatic rings. The first-order valence-electron chi connectivity index (χ1n) is 11.1. The summed E-state index contributed by atoms with van der Waals surface area (Å²) >= 11 is 0. The minimum absolute atomic E-state index is 1.12. The molecular formula is C28H28N2Si2. The zero-order chi connectivity index (χ0) is 22.7. The van der Waals surface area contributed by atoms with E-state index in [-0.39, 0.29) is 0 Å². The van der Waals surface area contributed by atoms with E-state index in [1.165, 1.54) is 32.8 Å². The lowest BCUT2D eigenvalue weighted by atomic mass is 10.0. The number of fused-ring (bicyclic) bond motifs is 6. The van der Waals surface area contributed by atoms with E-state index >= 15 is 0 Å². The van der Waals surface area contributed by atoms with Crippen molar-refractivity contribution in [3.63, 3.8) is 0 Å². The molecule has 0 unspecified atom stereocenters. The predicted octanol–water partition coefficient (Wildman–Crippen LogP) is 6.96. The van der Waals surface area contributed by atoms with Crippen molar-refractivity contribution >= 4 is 49.0 Å². The maximum atomic E-state index is 3.65. The van der Waals surface area contributed by atoms with Gasteiger partial charge in [-0.3, -0.25) is 0 Å². The van der Waals surface area contributed by atoms with Crippen LogP contribution in [0.25, 0.3) is 32.8 Å². The Kier molecular flexibility index (Phi) is 4.64. The molecule has 4 heterocycles. The molecule has 5 rings (SSSR count). The molecular weight excluding hydrogens is 420 g/mol. The van der Waals surface area contributed by atoms with Gasteiger partial charge in [-0.1, -0.05) is 63.3 Å². The molecule has 4 heteroatoms. The largest absolute Gasteiger partial charge is 0.315 e. The molecule has 0 aliphatic rings. The Morgan fingerprint density at radius 2 is 1.00 bits per heavy atom. The second-order valence-corrected chi connectivity index (χ2v) is 20.1. The van der Waals surface area contributed by atoms with Gasteiger partial charge in [0.05, 0.1) is 22.2 Å². The summed E-state index contributed by atoms with van der Waals surface area (Å²) < 4.78 is 4.57. The van der Waals surface area contributed by atoms with Gasteiger partial charge in [-0.25, -0.2) is 0 Å². The second kappa shape index (κ2) is 7.17. The molecule has 0 atom stereocenters. The lowest BCUT2D eigenvalue weighted by molar-refractivity contribution is 1.24. The van der Waals surface area contributed by atoms with Gasteiger partial charge in [0.1, 0.15) is 16.1 Å². The molecule has 158 valence electrons. The fourth-order valence-electron chi connectivity index (χ4n) is 4.15. The van der Waals surface area contributed by atoms with E-state index in [4.69, 9.17) is 0 Å². The summed E-state index contributed by atoms with van der Waals surface area (Å²) in [6.45, 7) is 13.8. The van der Waals surface area contributed by atoms with Crippen molar-refractivity contribution < 1.29 is 0 Å². The van der Waals surface area contributed by atoms with Crippen molar-refractivity contribution in [1.82, 2.24) is 8.80 Å². The van der Waals surface area contributed by atoms with Gasteiger partial charge in [-0.15, -0.1) is 11.1 Å². The Morgan fingerprint density at radius 1 is 0.594 bits per heavy atom. The summed E-state index contributed by atoms with van der Waals surface area (Å²) in [6, 6.07) is 17.3. The Hall–Kier alpha value is -3.19. The van der Waals surface area contributed by atoms with Crippen molar-refractivity contribution in [3.05, 3.63) is 72.1 Å². The molecule has 0 aliphatic heterocycles. The minimum atomic E-state index is -1.55. The first kappa shape index (κ1) is 20.7. The van der Waals surface area contributed by atoms with Crippen molar-refractivity contribution in [2.45, 2.75) is 39.3 Å². The maximum Gasteiger partial charge on any atom is 0.129 e. The van der Waals surface area contributed by atoms with Gasteiger partial charge in [-0.2, -0.15) is 0 Å². The van der Waals surface area contributed by atoms with Gasteiger partial charge in [-0.05, 0) is 36.4 Å². The van der Waals surface area contributed by atoms with Gasteiger partial charge in [0.2, 0.25) is 0 Å². The number of benzene rings is 1. The number of nitrogens with zero attached hydrogens (tertiary/aromatic N) is 2. The van der Waals surface area contributed by atoms with E-state index in [1.807, 2.05) is 0 Å². The summed E-state index contributed by atoms with van der Waals surface area (Å²) in [5.74, 6) is 7.29. The van der Waals surface area contributed by atoms with Crippen molar-refractivity contribution in [2.24, 2.45) is 0 Å². The van der Waals surface area contributed by atoms with Crippen LogP contribution in [0.2, 0.25) is 39.3 Å². The monoisotopic (exact) mass is 448 g/mol. The quantitative estimate of drug-likeness (QED) is 0.179. The topological polar surface area (TPSA) is 8.82 Å². The summed E-state index contributed by atoms with van der Waals surface area (Å²) in [7, 11) is -3.11. The summed E-state index contributed by atoms with van der Waals surface area (Å²) in [5.41, 5.74) is 14.2. The van der Waals surface area contributed by atoms with E-state index in [1.54, 1.807) is 0 Å².